The zero-order valence-corrected chi connectivity index (χ0v) is 18.6. The second-order valence-electron chi connectivity index (χ2n) is 8.68. The number of nitrogens with one attached hydrogen (secondary N) is 3. The number of carbonyl (C=O) groups is 1. The summed E-state index contributed by atoms with van der Waals surface area (Å²) >= 11 is 0. The topological polar surface area (TPSA) is 98.8 Å². The fraction of sp³-hybridized carbons (Fsp3) is 0.478. The van der Waals surface area contributed by atoms with Crippen molar-refractivity contribution in [3.8, 4) is 11.4 Å². The molecule has 0 bridgehead atoms. The van der Waals surface area contributed by atoms with Gasteiger partial charge in [0.05, 0.1) is 0 Å². The van der Waals surface area contributed by atoms with Gasteiger partial charge in [-0.25, -0.2) is 15.0 Å². The van der Waals surface area contributed by atoms with Crippen LogP contribution >= 0.6 is 0 Å². The summed E-state index contributed by atoms with van der Waals surface area (Å²) in [7, 11) is 0. The molecule has 0 aliphatic heterocycles. The number of aromatic amines is 1. The van der Waals surface area contributed by atoms with Crippen LogP contribution in [-0.4, -0.2) is 62.0 Å². The highest BCUT2D eigenvalue weighted by atomic mass is 16.1. The normalized spacial score (nSPS) is 14.0. The fourth-order valence-corrected chi connectivity index (χ4v) is 3.79. The van der Waals surface area contributed by atoms with Gasteiger partial charge in [-0.1, -0.05) is 12.1 Å². The highest BCUT2D eigenvalue weighted by Crippen LogP contribution is 2.24. The minimum atomic E-state index is -0.0205. The molecule has 1 saturated carbocycles. The van der Waals surface area contributed by atoms with Gasteiger partial charge in [-0.2, -0.15) is 0 Å². The van der Waals surface area contributed by atoms with E-state index in [1.54, 1.807) is 0 Å². The van der Waals surface area contributed by atoms with Crippen LogP contribution in [0.5, 0.6) is 0 Å². The molecular formula is C23H31N7O. The molecule has 8 nitrogen and oxygen atoms in total. The number of aromatic nitrogens is 4. The third-order valence-electron chi connectivity index (χ3n) is 5.61. The van der Waals surface area contributed by atoms with Crippen LogP contribution in [0.15, 0.2) is 30.6 Å². The first-order valence-corrected chi connectivity index (χ1v) is 11.0. The van der Waals surface area contributed by atoms with Gasteiger partial charge in [0.1, 0.15) is 17.7 Å². The van der Waals surface area contributed by atoms with Crippen molar-refractivity contribution >= 4 is 22.9 Å². The average molecular weight is 422 g/mol. The molecule has 1 aliphatic carbocycles. The smallest absolute Gasteiger partial charge is 0.251 e. The SMILES string of the molecule is CC(C)N(CCNc1ncnc2nc(-c3ccc(C(=O)NC4CC4)cc3)[nH]c12)C(C)C. The second kappa shape index (κ2) is 9.01. The lowest BCUT2D eigenvalue weighted by Crippen LogP contribution is -2.40. The Morgan fingerprint density at radius 1 is 1.13 bits per heavy atom. The number of anilines is 1. The summed E-state index contributed by atoms with van der Waals surface area (Å²) in [4.78, 5) is 31.3. The van der Waals surface area contributed by atoms with E-state index in [0.717, 1.165) is 42.8 Å². The van der Waals surface area contributed by atoms with Crippen LogP contribution in [0.4, 0.5) is 5.82 Å². The molecule has 1 fully saturated rings. The van der Waals surface area contributed by atoms with Crippen molar-refractivity contribution in [2.75, 3.05) is 18.4 Å². The molecule has 1 amide bonds. The summed E-state index contributed by atoms with van der Waals surface area (Å²) < 4.78 is 0. The molecule has 1 aliphatic rings. The summed E-state index contributed by atoms with van der Waals surface area (Å²) in [5.74, 6) is 1.43. The Bertz CT molecular complexity index is 1030. The molecular weight excluding hydrogens is 390 g/mol. The summed E-state index contributed by atoms with van der Waals surface area (Å²) in [6.07, 6.45) is 3.68. The zero-order chi connectivity index (χ0) is 22.0. The Morgan fingerprint density at radius 2 is 1.84 bits per heavy atom. The third kappa shape index (κ3) is 5.02. The highest BCUT2D eigenvalue weighted by molar-refractivity contribution is 5.95. The van der Waals surface area contributed by atoms with Gasteiger partial charge < -0.3 is 15.6 Å². The van der Waals surface area contributed by atoms with E-state index in [-0.39, 0.29) is 5.91 Å². The molecule has 8 heteroatoms. The number of imidazole rings is 1. The van der Waals surface area contributed by atoms with E-state index in [1.807, 2.05) is 24.3 Å². The van der Waals surface area contributed by atoms with Crippen molar-refractivity contribution in [3.63, 3.8) is 0 Å². The Hall–Kier alpha value is -3.00. The molecule has 4 rings (SSSR count). The highest BCUT2D eigenvalue weighted by Gasteiger charge is 2.23. The van der Waals surface area contributed by atoms with Gasteiger partial charge >= 0.3 is 0 Å². The van der Waals surface area contributed by atoms with E-state index >= 15 is 0 Å². The maximum absolute atomic E-state index is 12.2. The number of nitrogens with zero attached hydrogens (tertiary/aromatic N) is 4. The Kier molecular flexibility index (Phi) is 6.18. The molecule has 3 N–H and O–H groups in total. The van der Waals surface area contributed by atoms with Crippen molar-refractivity contribution < 1.29 is 4.79 Å². The van der Waals surface area contributed by atoms with Gasteiger partial charge in [0.2, 0.25) is 0 Å². The molecule has 164 valence electrons. The van der Waals surface area contributed by atoms with Crippen LogP contribution in [0, 0.1) is 0 Å². The van der Waals surface area contributed by atoms with Crippen molar-refractivity contribution in [1.82, 2.24) is 30.2 Å². The van der Waals surface area contributed by atoms with E-state index in [4.69, 9.17) is 0 Å². The van der Waals surface area contributed by atoms with Crippen molar-refractivity contribution in [1.29, 1.82) is 0 Å². The van der Waals surface area contributed by atoms with Gasteiger partial charge in [-0.3, -0.25) is 9.69 Å². The molecule has 2 heterocycles. The standard InChI is InChI=1S/C23H31N7O/c1-14(2)30(15(3)4)12-11-24-21-19-22(26-13-25-21)29-20(28-19)16-5-7-17(8-6-16)23(31)27-18-9-10-18/h5-8,13-15,18H,9-12H2,1-4H3,(H,27,31)(H2,24,25,26,28,29). The van der Waals surface area contributed by atoms with E-state index in [1.165, 1.54) is 6.33 Å². The molecule has 0 atom stereocenters. The van der Waals surface area contributed by atoms with Crippen LogP contribution in [0.3, 0.4) is 0 Å². The summed E-state index contributed by atoms with van der Waals surface area (Å²) in [6, 6.07) is 8.79. The van der Waals surface area contributed by atoms with Crippen LogP contribution in [-0.2, 0) is 0 Å². The molecule has 3 aromatic rings. The van der Waals surface area contributed by atoms with Crippen LogP contribution in [0.1, 0.15) is 50.9 Å². The first-order chi connectivity index (χ1) is 14.9. The number of H-pyrrole nitrogens is 1. The van der Waals surface area contributed by atoms with Gasteiger partial charge in [0, 0.05) is 42.3 Å². The monoisotopic (exact) mass is 421 g/mol. The van der Waals surface area contributed by atoms with Gasteiger partial charge in [-0.05, 0) is 52.7 Å². The number of fused-ring (bicyclic) bond motifs is 1. The van der Waals surface area contributed by atoms with Gasteiger partial charge in [0.15, 0.2) is 11.5 Å². The first kappa shape index (κ1) is 21.2. The van der Waals surface area contributed by atoms with Crippen LogP contribution in [0.25, 0.3) is 22.6 Å². The zero-order valence-electron chi connectivity index (χ0n) is 18.6. The van der Waals surface area contributed by atoms with E-state index in [2.05, 4.69) is 63.2 Å². The number of rotatable bonds is 9. The number of carbonyl (C=O) groups excluding carboxylic acids is 1. The number of hydrogen-bond acceptors (Lipinski definition) is 6. The van der Waals surface area contributed by atoms with E-state index in [9.17, 15) is 4.79 Å². The number of benzene rings is 1. The molecule has 31 heavy (non-hydrogen) atoms. The summed E-state index contributed by atoms with van der Waals surface area (Å²) in [5, 5.41) is 6.43. The lowest BCUT2D eigenvalue weighted by molar-refractivity contribution is 0.0951. The first-order valence-electron chi connectivity index (χ1n) is 11.0. The lowest BCUT2D eigenvalue weighted by Gasteiger charge is -2.30. The summed E-state index contributed by atoms with van der Waals surface area (Å²) in [5.41, 5.74) is 2.97. The van der Waals surface area contributed by atoms with Gasteiger partial charge in [0.25, 0.3) is 5.91 Å². The van der Waals surface area contributed by atoms with Crippen LogP contribution in [0.2, 0.25) is 0 Å². The van der Waals surface area contributed by atoms with Crippen molar-refractivity contribution in [2.45, 2.75) is 58.7 Å². The predicted octanol–water partition coefficient (Wildman–Crippen LogP) is 3.44. The molecule has 0 radical (unpaired) electrons. The Labute approximate surface area is 182 Å². The van der Waals surface area contributed by atoms with Crippen LogP contribution < -0.4 is 10.6 Å². The number of hydrogen-bond donors (Lipinski definition) is 3. The fourth-order valence-electron chi connectivity index (χ4n) is 3.79. The predicted molar refractivity (Wildman–Crippen MR) is 123 cm³/mol. The number of amides is 1. The largest absolute Gasteiger partial charge is 0.367 e. The molecule has 0 saturated heterocycles. The molecule has 0 spiro atoms. The minimum absolute atomic E-state index is 0.0205. The summed E-state index contributed by atoms with van der Waals surface area (Å²) in [6.45, 7) is 10.6. The Balaban J connectivity index is 1.47. The maximum atomic E-state index is 12.2. The van der Waals surface area contributed by atoms with Crippen molar-refractivity contribution in [2.24, 2.45) is 0 Å². The minimum Gasteiger partial charge on any atom is -0.367 e. The van der Waals surface area contributed by atoms with E-state index in [0.29, 0.717) is 35.2 Å². The molecule has 2 aromatic heterocycles. The maximum Gasteiger partial charge on any atom is 0.251 e. The van der Waals surface area contributed by atoms with Crippen molar-refractivity contribution in [3.05, 3.63) is 36.2 Å². The molecule has 0 unspecified atom stereocenters. The average Bonchev–Trinajstić information content (AvgIpc) is 3.44. The quantitative estimate of drug-likeness (QED) is 0.489. The van der Waals surface area contributed by atoms with E-state index < -0.39 is 0 Å². The second-order valence-corrected chi connectivity index (χ2v) is 8.68. The lowest BCUT2D eigenvalue weighted by atomic mass is 10.1. The third-order valence-corrected chi connectivity index (χ3v) is 5.61. The van der Waals surface area contributed by atoms with Gasteiger partial charge in [-0.15, -0.1) is 0 Å². The molecule has 1 aromatic carbocycles. The Morgan fingerprint density at radius 3 is 2.48 bits per heavy atom.